The Balaban J connectivity index is 1.91. The number of hydrogen-bond donors (Lipinski definition) is 1. The average molecular weight is 373 g/mol. The van der Waals surface area contributed by atoms with Crippen LogP contribution in [0.15, 0.2) is 47.3 Å². The number of halogens is 1. The second-order valence-electron chi connectivity index (χ2n) is 6.44. The minimum absolute atomic E-state index is 0.0156. The molecule has 0 aliphatic rings. The molecule has 0 saturated heterocycles. The van der Waals surface area contributed by atoms with Crippen molar-refractivity contribution in [1.82, 2.24) is 24.7 Å². The van der Waals surface area contributed by atoms with Crippen molar-refractivity contribution in [3.05, 3.63) is 58.1 Å². The van der Waals surface area contributed by atoms with E-state index in [4.69, 9.17) is 16.3 Å². The molecule has 0 unspecified atom stereocenters. The maximum Gasteiger partial charge on any atom is 0.329 e. The molecule has 0 fully saturated rings. The van der Waals surface area contributed by atoms with Crippen molar-refractivity contribution in [3.63, 3.8) is 0 Å². The van der Waals surface area contributed by atoms with Crippen LogP contribution in [-0.2, 0) is 0 Å². The first-order valence-electron chi connectivity index (χ1n) is 7.84. The predicted molar refractivity (Wildman–Crippen MR) is 98.1 cm³/mol. The van der Waals surface area contributed by atoms with Gasteiger partial charge in [-0.3, -0.25) is 4.79 Å². The molecular weight excluding hydrogens is 356 g/mol. The quantitative estimate of drug-likeness (QED) is 0.751. The fourth-order valence-corrected chi connectivity index (χ4v) is 2.22. The van der Waals surface area contributed by atoms with Crippen molar-refractivity contribution >= 4 is 17.5 Å². The Morgan fingerprint density at radius 1 is 1.04 bits per heavy atom. The van der Waals surface area contributed by atoms with Crippen LogP contribution in [0.3, 0.4) is 0 Å². The zero-order valence-corrected chi connectivity index (χ0v) is 15.2. The fraction of sp³-hybridized carbons (Fsp3) is 0.235. The summed E-state index contributed by atoms with van der Waals surface area (Å²) < 4.78 is 6.80. The minimum atomic E-state index is -0.285. The molecule has 0 spiro atoms. The lowest BCUT2D eigenvalue weighted by atomic mass is 10.1. The highest BCUT2D eigenvalue weighted by molar-refractivity contribution is 6.28. The summed E-state index contributed by atoms with van der Waals surface area (Å²) in [7, 11) is 0. The molecule has 0 aliphatic heterocycles. The number of ether oxygens (including phenoxy) is 1. The SMILES string of the molecule is CC(C)(C)Nc1nc(Cl)nc(Oc2ccc(=O)n(-c3ccccc3)n2)n1. The third kappa shape index (κ3) is 4.54. The molecule has 26 heavy (non-hydrogen) atoms. The van der Waals surface area contributed by atoms with Gasteiger partial charge in [0, 0.05) is 17.7 Å². The van der Waals surface area contributed by atoms with Crippen LogP contribution in [0.2, 0.25) is 5.28 Å². The number of nitrogens with one attached hydrogen (secondary N) is 1. The number of aromatic nitrogens is 5. The van der Waals surface area contributed by atoms with Crippen LogP contribution in [-0.4, -0.2) is 30.3 Å². The highest BCUT2D eigenvalue weighted by Gasteiger charge is 2.15. The number of nitrogens with zero attached hydrogens (tertiary/aromatic N) is 5. The van der Waals surface area contributed by atoms with Crippen molar-refractivity contribution in [3.8, 4) is 17.6 Å². The molecule has 2 aromatic heterocycles. The lowest BCUT2D eigenvalue weighted by Gasteiger charge is -2.20. The van der Waals surface area contributed by atoms with Crippen LogP contribution < -0.4 is 15.6 Å². The van der Waals surface area contributed by atoms with Crippen LogP contribution in [0, 0.1) is 0 Å². The first-order chi connectivity index (χ1) is 12.3. The predicted octanol–water partition coefficient (Wildman–Crippen LogP) is 3.07. The summed E-state index contributed by atoms with van der Waals surface area (Å²) in [5.41, 5.74) is 0.0693. The summed E-state index contributed by atoms with van der Waals surface area (Å²) in [6.07, 6.45) is 0. The van der Waals surface area contributed by atoms with Gasteiger partial charge in [0.05, 0.1) is 5.69 Å². The van der Waals surface area contributed by atoms with Gasteiger partial charge in [0.25, 0.3) is 5.56 Å². The van der Waals surface area contributed by atoms with Crippen molar-refractivity contribution in [2.24, 2.45) is 0 Å². The smallest absolute Gasteiger partial charge is 0.329 e. The van der Waals surface area contributed by atoms with Gasteiger partial charge in [-0.25, -0.2) is 0 Å². The molecule has 0 aliphatic carbocycles. The van der Waals surface area contributed by atoms with E-state index in [1.54, 1.807) is 12.1 Å². The third-order valence-corrected chi connectivity index (χ3v) is 3.22. The molecule has 8 nitrogen and oxygen atoms in total. The Bertz CT molecular complexity index is 969. The van der Waals surface area contributed by atoms with Gasteiger partial charge in [-0.15, -0.1) is 5.10 Å². The van der Waals surface area contributed by atoms with Crippen LogP contribution >= 0.6 is 11.6 Å². The Morgan fingerprint density at radius 3 is 2.46 bits per heavy atom. The lowest BCUT2D eigenvalue weighted by molar-refractivity contribution is 0.410. The van der Waals surface area contributed by atoms with Gasteiger partial charge in [0.1, 0.15) is 0 Å². The van der Waals surface area contributed by atoms with E-state index in [0.29, 0.717) is 5.69 Å². The van der Waals surface area contributed by atoms with E-state index in [2.05, 4.69) is 25.4 Å². The Hall–Kier alpha value is -3.00. The largest absolute Gasteiger partial charge is 0.403 e. The molecular formula is C17H17ClN6O2. The van der Waals surface area contributed by atoms with Crippen molar-refractivity contribution in [1.29, 1.82) is 0 Å². The molecule has 0 amide bonds. The molecule has 3 aromatic rings. The van der Waals surface area contributed by atoms with Gasteiger partial charge in [-0.2, -0.15) is 19.6 Å². The van der Waals surface area contributed by atoms with E-state index >= 15 is 0 Å². The van der Waals surface area contributed by atoms with E-state index in [1.165, 1.54) is 16.8 Å². The summed E-state index contributed by atoms with van der Waals surface area (Å²) in [6.45, 7) is 5.88. The Morgan fingerprint density at radius 2 is 1.77 bits per heavy atom. The Kier molecular flexibility index (Phi) is 4.85. The van der Waals surface area contributed by atoms with Gasteiger partial charge in [0.2, 0.25) is 17.1 Å². The molecule has 9 heteroatoms. The molecule has 0 atom stereocenters. The number of benzene rings is 1. The number of hydrogen-bond acceptors (Lipinski definition) is 7. The first kappa shape index (κ1) is 17.8. The van der Waals surface area contributed by atoms with E-state index in [9.17, 15) is 4.79 Å². The lowest BCUT2D eigenvalue weighted by Crippen LogP contribution is -2.27. The monoisotopic (exact) mass is 372 g/mol. The molecule has 0 radical (unpaired) electrons. The van der Waals surface area contributed by atoms with E-state index in [-0.39, 0.29) is 34.2 Å². The summed E-state index contributed by atoms with van der Waals surface area (Å²) in [6, 6.07) is 11.8. The first-order valence-corrected chi connectivity index (χ1v) is 8.21. The minimum Gasteiger partial charge on any atom is -0.403 e. The van der Waals surface area contributed by atoms with Gasteiger partial charge in [-0.1, -0.05) is 18.2 Å². The number of para-hydroxylation sites is 1. The fourth-order valence-electron chi connectivity index (χ4n) is 2.07. The van der Waals surface area contributed by atoms with Crippen molar-refractivity contribution < 1.29 is 4.74 Å². The maximum absolute atomic E-state index is 12.1. The topological polar surface area (TPSA) is 94.8 Å². The van der Waals surface area contributed by atoms with E-state index in [0.717, 1.165) is 0 Å². The van der Waals surface area contributed by atoms with Crippen molar-refractivity contribution in [2.75, 3.05) is 5.32 Å². The average Bonchev–Trinajstić information content (AvgIpc) is 2.55. The van der Waals surface area contributed by atoms with E-state index in [1.807, 2.05) is 39.0 Å². The van der Waals surface area contributed by atoms with E-state index < -0.39 is 0 Å². The summed E-state index contributed by atoms with van der Waals surface area (Å²) >= 11 is 5.94. The second-order valence-corrected chi connectivity index (χ2v) is 6.78. The molecule has 0 bridgehead atoms. The Labute approximate surface area is 154 Å². The third-order valence-electron chi connectivity index (χ3n) is 3.05. The molecule has 134 valence electrons. The number of rotatable bonds is 4. The highest BCUT2D eigenvalue weighted by Crippen LogP contribution is 2.19. The molecule has 1 aromatic carbocycles. The molecule has 3 rings (SSSR count). The maximum atomic E-state index is 12.1. The van der Waals surface area contributed by atoms with Gasteiger partial charge in [-0.05, 0) is 44.5 Å². The summed E-state index contributed by atoms with van der Waals surface area (Å²) in [5, 5.41) is 7.27. The summed E-state index contributed by atoms with van der Waals surface area (Å²) in [5.74, 6) is 0.432. The highest BCUT2D eigenvalue weighted by atomic mass is 35.5. The molecule has 1 N–H and O–H groups in total. The van der Waals surface area contributed by atoms with Crippen LogP contribution in [0.25, 0.3) is 5.69 Å². The van der Waals surface area contributed by atoms with Crippen LogP contribution in [0.5, 0.6) is 11.9 Å². The van der Waals surface area contributed by atoms with Gasteiger partial charge < -0.3 is 10.1 Å². The second kappa shape index (κ2) is 7.09. The molecule has 2 heterocycles. The van der Waals surface area contributed by atoms with Crippen LogP contribution in [0.4, 0.5) is 5.95 Å². The zero-order chi connectivity index (χ0) is 18.7. The normalized spacial score (nSPS) is 11.2. The van der Waals surface area contributed by atoms with Crippen LogP contribution in [0.1, 0.15) is 20.8 Å². The standard InChI is InChI=1S/C17H17ClN6O2/c1-17(2,3)22-15-19-14(18)20-16(21-15)26-12-9-10-13(25)24(23-12)11-7-5-4-6-8-11/h4-10H,1-3H3,(H,19,20,21,22). The van der Waals surface area contributed by atoms with Gasteiger partial charge in [0.15, 0.2) is 0 Å². The van der Waals surface area contributed by atoms with Crippen molar-refractivity contribution in [2.45, 2.75) is 26.3 Å². The molecule has 0 saturated carbocycles. The number of anilines is 1. The zero-order valence-electron chi connectivity index (χ0n) is 14.5. The van der Waals surface area contributed by atoms with Gasteiger partial charge >= 0.3 is 6.01 Å². The summed E-state index contributed by atoms with van der Waals surface area (Å²) in [4.78, 5) is 24.2.